The van der Waals surface area contributed by atoms with Gasteiger partial charge in [-0.05, 0) is 18.8 Å². The fraction of sp³-hybridized carbons (Fsp3) is 0.750. The molecule has 0 aliphatic carbocycles. The molecule has 0 unspecified atom stereocenters. The molecule has 0 bridgehead atoms. The Hall–Kier alpha value is -1.04. The van der Waals surface area contributed by atoms with Crippen molar-refractivity contribution in [3.8, 4) is 6.07 Å². The van der Waals surface area contributed by atoms with Crippen molar-refractivity contribution < 1.29 is 4.79 Å². The van der Waals surface area contributed by atoms with Crippen LogP contribution < -0.4 is 0 Å². The van der Waals surface area contributed by atoms with Crippen LogP contribution in [0, 0.1) is 17.2 Å². The number of carbonyl (C=O) groups excluding carboxylic acids is 1. The average molecular weight is 152 g/mol. The molecule has 60 valence electrons. The molecule has 11 heavy (non-hydrogen) atoms. The predicted octanol–water partition coefficient (Wildman–Crippen LogP) is 0.768. The van der Waals surface area contributed by atoms with Gasteiger partial charge in [0.15, 0.2) is 6.07 Å². The summed E-state index contributed by atoms with van der Waals surface area (Å²) in [5.74, 6) is 0.328. The van der Waals surface area contributed by atoms with E-state index in [4.69, 9.17) is 5.26 Å². The molecule has 1 amide bonds. The van der Waals surface area contributed by atoms with E-state index in [1.165, 1.54) is 0 Å². The summed E-state index contributed by atoms with van der Waals surface area (Å²) in [7, 11) is 0. The molecule has 0 atom stereocenters. The Morgan fingerprint density at radius 2 is 2.09 bits per heavy atom. The van der Waals surface area contributed by atoms with Crippen molar-refractivity contribution in [3.63, 3.8) is 0 Å². The Kier molecular flexibility index (Phi) is 2.48. The Labute approximate surface area is 66.6 Å². The minimum absolute atomic E-state index is 0.378. The first-order chi connectivity index (χ1) is 5.24. The second kappa shape index (κ2) is 3.38. The lowest BCUT2D eigenvalue weighted by molar-refractivity contribution is -0.126. The third kappa shape index (κ3) is 1.94. The highest BCUT2D eigenvalue weighted by Gasteiger charge is 2.19. The van der Waals surface area contributed by atoms with Gasteiger partial charge in [0.25, 0.3) is 0 Å². The molecule has 1 heterocycles. The van der Waals surface area contributed by atoms with Crippen molar-refractivity contribution >= 4 is 5.91 Å². The van der Waals surface area contributed by atoms with Gasteiger partial charge in [0, 0.05) is 13.1 Å². The van der Waals surface area contributed by atoms with Gasteiger partial charge in [0.05, 0.1) is 0 Å². The van der Waals surface area contributed by atoms with Crippen LogP contribution in [-0.2, 0) is 4.79 Å². The van der Waals surface area contributed by atoms with E-state index in [1.54, 1.807) is 11.0 Å². The van der Waals surface area contributed by atoms with Gasteiger partial charge >= 0.3 is 5.91 Å². The molecular formula is C8H12N2O. The molecule has 0 aromatic carbocycles. The molecule has 1 fully saturated rings. The van der Waals surface area contributed by atoms with Crippen LogP contribution in [0.3, 0.4) is 0 Å². The molecule has 0 aromatic heterocycles. The van der Waals surface area contributed by atoms with Gasteiger partial charge in [-0.2, -0.15) is 5.26 Å². The topological polar surface area (TPSA) is 44.1 Å². The number of likely N-dealkylation sites (tertiary alicyclic amines) is 1. The van der Waals surface area contributed by atoms with Crippen molar-refractivity contribution in [2.45, 2.75) is 19.8 Å². The van der Waals surface area contributed by atoms with Crippen LogP contribution in [-0.4, -0.2) is 23.9 Å². The van der Waals surface area contributed by atoms with E-state index in [0.717, 1.165) is 25.9 Å². The Bertz CT molecular complexity index is 187. The van der Waals surface area contributed by atoms with E-state index in [2.05, 4.69) is 6.92 Å². The fourth-order valence-electron chi connectivity index (χ4n) is 1.28. The largest absolute Gasteiger partial charge is 0.330 e. The smallest absolute Gasteiger partial charge is 0.324 e. The highest BCUT2D eigenvalue weighted by atomic mass is 16.2. The Balaban J connectivity index is 2.40. The second-order valence-corrected chi connectivity index (χ2v) is 3.09. The van der Waals surface area contributed by atoms with Crippen LogP contribution >= 0.6 is 0 Å². The summed E-state index contributed by atoms with van der Waals surface area (Å²) in [4.78, 5) is 12.5. The number of nitrogens with zero attached hydrogens (tertiary/aromatic N) is 2. The molecule has 0 aromatic rings. The number of nitriles is 1. The summed E-state index contributed by atoms with van der Waals surface area (Å²) < 4.78 is 0. The summed E-state index contributed by atoms with van der Waals surface area (Å²) in [5.41, 5.74) is 0. The highest BCUT2D eigenvalue weighted by molar-refractivity contribution is 5.91. The molecule has 0 saturated carbocycles. The minimum atomic E-state index is -0.378. The van der Waals surface area contributed by atoms with Gasteiger partial charge in [-0.25, -0.2) is 0 Å². The molecule has 1 aliphatic rings. The lowest BCUT2D eigenvalue weighted by Crippen LogP contribution is -2.36. The number of carbonyl (C=O) groups is 1. The molecule has 1 saturated heterocycles. The van der Waals surface area contributed by atoms with Crippen LogP contribution in [0.2, 0.25) is 0 Å². The van der Waals surface area contributed by atoms with Crippen molar-refractivity contribution in [2.75, 3.05) is 13.1 Å². The van der Waals surface area contributed by atoms with E-state index in [-0.39, 0.29) is 5.91 Å². The number of piperidine rings is 1. The quantitative estimate of drug-likeness (QED) is 0.481. The zero-order valence-corrected chi connectivity index (χ0v) is 6.71. The lowest BCUT2D eigenvalue weighted by Gasteiger charge is -2.27. The van der Waals surface area contributed by atoms with Crippen LogP contribution in [0.5, 0.6) is 0 Å². The van der Waals surface area contributed by atoms with Gasteiger partial charge in [0.1, 0.15) is 0 Å². The molecule has 3 heteroatoms. The molecule has 0 spiro atoms. The zero-order valence-electron chi connectivity index (χ0n) is 6.71. The minimum Gasteiger partial charge on any atom is -0.330 e. The number of rotatable bonds is 0. The Morgan fingerprint density at radius 1 is 1.55 bits per heavy atom. The lowest BCUT2D eigenvalue weighted by atomic mass is 9.99. The summed E-state index contributed by atoms with van der Waals surface area (Å²) in [6.45, 7) is 3.69. The molecule has 3 nitrogen and oxygen atoms in total. The van der Waals surface area contributed by atoms with Crippen LogP contribution in [0.15, 0.2) is 0 Å². The molecule has 0 radical (unpaired) electrons. The fourth-order valence-corrected chi connectivity index (χ4v) is 1.28. The van der Waals surface area contributed by atoms with Crippen molar-refractivity contribution in [1.82, 2.24) is 4.90 Å². The first kappa shape index (κ1) is 8.06. The normalized spacial score (nSPS) is 19.5. The highest BCUT2D eigenvalue weighted by Crippen LogP contribution is 2.15. The first-order valence-corrected chi connectivity index (χ1v) is 3.93. The van der Waals surface area contributed by atoms with E-state index in [0.29, 0.717) is 5.92 Å². The SMILES string of the molecule is CC1CCN(C(=O)C#N)CC1. The van der Waals surface area contributed by atoms with Crippen LogP contribution in [0.1, 0.15) is 19.8 Å². The molecule has 1 aliphatic heterocycles. The van der Waals surface area contributed by atoms with Crippen molar-refractivity contribution in [3.05, 3.63) is 0 Å². The molecule has 0 N–H and O–H groups in total. The van der Waals surface area contributed by atoms with Gasteiger partial charge in [0.2, 0.25) is 0 Å². The van der Waals surface area contributed by atoms with Gasteiger partial charge in [-0.15, -0.1) is 0 Å². The van der Waals surface area contributed by atoms with Gasteiger partial charge < -0.3 is 4.90 Å². The maximum absolute atomic E-state index is 10.8. The maximum atomic E-state index is 10.8. The zero-order chi connectivity index (χ0) is 8.27. The van der Waals surface area contributed by atoms with E-state index < -0.39 is 0 Å². The Morgan fingerprint density at radius 3 is 2.55 bits per heavy atom. The molecular weight excluding hydrogens is 140 g/mol. The standard InChI is InChI=1S/C8H12N2O/c1-7-2-4-10(5-3-7)8(11)6-9/h7H,2-5H2,1H3. The van der Waals surface area contributed by atoms with E-state index in [1.807, 2.05) is 0 Å². The van der Waals surface area contributed by atoms with Crippen LogP contribution in [0.4, 0.5) is 0 Å². The van der Waals surface area contributed by atoms with Crippen molar-refractivity contribution in [1.29, 1.82) is 5.26 Å². The monoisotopic (exact) mass is 152 g/mol. The van der Waals surface area contributed by atoms with E-state index >= 15 is 0 Å². The summed E-state index contributed by atoms with van der Waals surface area (Å²) in [6.07, 6.45) is 2.07. The van der Waals surface area contributed by atoms with E-state index in [9.17, 15) is 4.79 Å². The van der Waals surface area contributed by atoms with Crippen molar-refractivity contribution in [2.24, 2.45) is 5.92 Å². The average Bonchev–Trinajstić information content (AvgIpc) is 2.05. The third-order valence-corrected chi connectivity index (χ3v) is 2.17. The van der Waals surface area contributed by atoms with Gasteiger partial charge in [-0.3, -0.25) is 4.79 Å². The van der Waals surface area contributed by atoms with Crippen LogP contribution in [0.25, 0.3) is 0 Å². The predicted molar refractivity (Wildman–Crippen MR) is 40.6 cm³/mol. The number of amides is 1. The van der Waals surface area contributed by atoms with Gasteiger partial charge in [-0.1, -0.05) is 6.92 Å². The third-order valence-electron chi connectivity index (χ3n) is 2.17. The summed E-state index contributed by atoms with van der Waals surface area (Å²) >= 11 is 0. The summed E-state index contributed by atoms with van der Waals surface area (Å²) in [5, 5.41) is 8.31. The number of hydrogen-bond donors (Lipinski definition) is 0. The number of hydrogen-bond acceptors (Lipinski definition) is 2. The second-order valence-electron chi connectivity index (χ2n) is 3.09. The first-order valence-electron chi connectivity index (χ1n) is 3.93. The maximum Gasteiger partial charge on any atom is 0.324 e. The molecule has 1 rings (SSSR count). The summed E-state index contributed by atoms with van der Waals surface area (Å²) in [6, 6.07) is 1.64.